The van der Waals surface area contributed by atoms with Gasteiger partial charge in [0.2, 0.25) is 5.91 Å². The van der Waals surface area contributed by atoms with E-state index in [1.165, 1.54) is 128 Å². The number of carbonyl (C=O) groups is 2. The third kappa shape index (κ3) is 57.6. The lowest BCUT2D eigenvalue weighted by Crippen LogP contribution is -2.47. The Morgan fingerprint density at radius 3 is 1.36 bits per heavy atom. The molecule has 3 unspecified atom stereocenters. The highest BCUT2D eigenvalue weighted by molar-refractivity contribution is 7.45. The second-order valence-corrected chi connectivity index (χ2v) is 24.0. The van der Waals surface area contributed by atoms with Crippen LogP contribution in [-0.2, 0) is 27.9 Å². The summed E-state index contributed by atoms with van der Waals surface area (Å²) in [5.41, 5.74) is 0. The van der Waals surface area contributed by atoms with Gasteiger partial charge >= 0.3 is 5.97 Å². The van der Waals surface area contributed by atoms with E-state index < -0.39 is 26.6 Å². The smallest absolute Gasteiger partial charge is 0.306 e. The summed E-state index contributed by atoms with van der Waals surface area (Å²) >= 11 is 0. The summed E-state index contributed by atoms with van der Waals surface area (Å²) in [7, 11) is 1.16. The normalized spacial score (nSPS) is 14.3. The summed E-state index contributed by atoms with van der Waals surface area (Å²) in [5.74, 6) is -0.571. The predicted octanol–water partition coefficient (Wildman–Crippen LogP) is 19.3. The molecule has 0 aromatic rings. The maximum absolute atomic E-state index is 13.5. The number of hydrogen-bond acceptors (Lipinski definition) is 7. The van der Waals surface area contributed by atoms with Crippen LogP contribution >= 0.6 is 7.82 Å². The Kier molecular flexibility index (Phi) is 54.9. The van der Waals surface area contributed by atoms with Gasteiger partial charge in [0.25, 0.3) is 7.82 Å². The van der Waals surface area contributed by atoms with Crippen LogP contribution in [0.2, 0.25) is 0 Å². The molecule has 3 atom stereocenters. The van der Waals surface area contributed by atoms with Crippen molar-refractivity contribution in [2.75, 3.05) is 40.9 Å². The SMILES string of the molecule is CC/C=C/C=C/C=C\CCCCCCCC(=O)OC(/C=C\CCCCCCCCCCCC)C(COP(=O)([O-])OCC[N+](C)(C)C)NC(=O)CCCCCCCCCCCCC/C=C\C/C=C\C/C=C\C/C=C\CCCCC. The fourth-order valence-corrected chi connectivity index (χ4v) is 9.58. The Hall–Kier alpha value is -3.07. The number of nitrogens with zero attached hydrogens (tertiary/aromatic N) is 1. The molecule has 0 saturated carbocycles. The standard InChI is InChI=1S/C68H121N2O7P/c1-7-10-13-16-19-22-25-28-29-30-31-32-33-34-35-36-37-38-39-40-41-43-45-48-51-54-57-60-67(71)69-65(64-76-78(73,74)75-63-62-70(4,5)6)66(59-56-53-50-47-44-27-24-21-18-15-12-9-3)77-68(72)61-58-55-52-49-46-42-26-23-20-17-14-11-8-2/h11,14,17,19-20,22-23,26,28-29,31-32,34-35,56,59,65-66H,7-10,12-13,15-16,18,21,24-25,27,30,33,36-55,57-58,60-64H2,1-6H3,(H-,69,71,73,74)/b14-11+,20-17+,22-19-,26-23-,29-28-,32-31-,35-34-,59-56-. The van der Waals surface area contributed by atoms with Crippen molar-refractivity contribution in [3.05, 3.63) is 97.2 Å². The number of unbranched alkanes of at least 4 members (excludes halogenated alkanes) is 29. The number of carbonyl (C=O) groups excluding carboxylic acids is 2. The van der Waals surface area contributed by atoms with Crippen molar-refractivity contribution < 1.29 is 37.3 Å². The molecular formula is C68H121N2O7P. The number of phosphoric ester groups is 1. The van der Waals surface area contributed by atoms with Crippen molar-refractivity contribution in [3.8, 4) is 0 Å². The van der Waals surface area contributed by atoms with Gasteiger partial charge in [-0.25, -0.2) is 0 Å². The second kappa shape index (κ2) is 57.2. The first-order valence-electron chi connectivity index (χ1n) is 32.1. The number of nitrogens with one attached hydrogen (secondary N) is 1. The number of rotatable bonds is 57. The third-order valence-electron chi connectivity index (χ3n) is 13.8. The molecule has 9 nitrogen and oxygen atoms in total. The van der Waals surface area contributed by atoms with Crippen LogP contribution in [0.25, 0.3) is 0 Å². The monoisotopic (exact) mass is 1110 g/mol. The highest BCUT2D eigenvalue weighted by Gasteiger charge is 2.27. The molecule has 1 amide bonds. The molecule has 0 fully saturated rings. The van der Waals surface area contributed by atoms with Crippen LogP contribution in [0.4, 0.5) is 0 Å². The average Bonchev–Trinajstić information content (AvgIpc) is 3.40. The van der Waals surface area contributed by atoms with Crippen molar-refractivity contribution in [1.29, 1.82) is 0 Å². The summed E-state index contributed by atoms with van der Waals surface area (Å²) < 4.78 is 30.3. The molecule has 0 rings (SSSR count). The minimum absolute atomic E-state index is 0.0305. The van der Waals surface area contributed by atoms with Crippen molar-refractivity contribution >= 4 is 19.7 Å². The maximum atomic E-state index is 13.5. The largest absolute Gasteiger partial charge is 0.756 e. The van der Waals surface area contributed by atoms with E-state index in [0.717, 1.165) is 103 Å². The predicted molar refractivity (Wildman–Crippen MR) is 334 cm³/mol. The van der Waals surface area contributed by atoms with Crippen molar-refractivity contribution in [3.63, 3.8) is 0 Å². The number of esters is 1. The molecular weight excluding hydrogens is 988 g/mol. The first-order valence-corrected chi connectivity index (χ1v) is 33.5. The molecule has 0 radical (unpaired) electrons. The molecule has 0 aliphatic heterocycles. The molecule has 0 bridgehead atoms. The third-order valence-corrected chi connectivity index (χ3v) is 14.8. The van der Waals surface area contributed by atoms with E-state index in [1.807, 2.05) is 33.3 Å². The summed E-state index contributed by atoms with van der Waals surface area (Å²) in [5, 5.41) is 3.02. The Morgan fingerprint density at radius 1 is 0.474 bits per heavy atom. The molecule has 0 aliphatic carbocycles. The van der Waals surface area contributed by atoms with Gasteiger partial charge in [-0.05, 0) is 96.0 Å². The number of allylic oxidation sites excluding steroid dienone is 15. The number of amides is 1. The zero-order chi connectivity index (χ0) is 57.2. The Bertz CT molecular complexity index is 1660. The van der Waals surface area contributed by atoms with E-state index in [-0.39, 0.29) is 24.9 Å². The highest BCUT2D eigenvalue weighted by atomic mass is 31.2. The highest BCUT2D eigenvalue weighted by Crippen LogP contribution is 2.38. The zero-order valence-corrected chi connectivity index (χ0v) is 52.2. The molecule has 0 spiro atoms. The number of likely N-dealkylation sites (N-methyl/N-ethyl adjacent to an activating group) is 1. The molecule has 0 heterocycles. The second-order valence-electron chi connectivity index (χ2n) is 22.6. The van der Waals surface area contributed by atoms with E-state index in [0.29, 0.717) is 23.9 Å². The van der Waals surface area contributed by atoms with Gasteiger partial charge < -0.3 is 28.5 Å². The molecule has 0 aliphatic rings. The Balaban J connectivity index is 5.09. The molecule has 0 saturated heterocycles. The van der Waals surface area contributed by atoms with Gasteiger partial charge in [0, 0.05) is 12.8 Å². The first kappa shape index (κ1) is 74.9. The summed E-state index contributed by atoms with van der Waals surface area (Å²) in [4.78, 5) is 40.0. The van der Waals surface area contributed by atoms with Crippen LogP contribution in [0.3, 0.4) is 0 Å². The van der Waals surface area contributed by atoms with Crippen LogP contribution in [0.15, 0.2) is 97.2 Å². The average molecular weight is 1110 g/mol. The van der Waals surface area contributed by atoms with Crippen LogP contribution in [0.5, 0.6) is 0 Å². The van der Waals surface area contributed by atoms with E-state index in [1.54, 1.807) is 0 Å². The topological polar surface area (TPSA) is 114 Å². The van der Waals surface area contributed by atoms with Crippen molar-refractivity contribution in [1.82, 2.24) is 5.32 Å². The van der Waals surface area contributed by atoms with Crippen LogP contribution < -0.4 is 10.2 Å². The fraction of sp³-hybridized carbons (Fsp3) is 0.735. The Morgan fingerprint density at radius 2 is 0.872 bits per heavy atom. The van der Waals surface area contributed by atoms with Gasteiger partial charge in [-0.3, -0.25) is 14.2 Å². The quantitative estimate of drug-likeness (QED) is 0.0161. The Labute approximate surface area is 481 Å². The van der Waals surface area contributed by atoms with E-state index >= 15 is 0 Å². The van der Waals surface area contributed by atoms with Crippen LogP contribution in [0.1, 0.15) is 271 Å². The number of quaternary nitrogens is 1. The fourth-order valence-electron chi connectivity index (χ4n) is 8.86. The van der Waals surface area contributed by atoms with Gasteiger partial charge in [0.05, 0.1) is 33.8 Å². The van der Waals surface area contributed by atoms with E-state index in [4.69, 9.17) is 13.8 Å². The van der Waals surface area contributed by atoms with Gasteiger partial charge in [-0.2, -0.15) is 0 Å². The zero-order valence-electron chi connectivity index (χ0n) is 51.3. The maximum Gasteiger partial charge on any atom is 0.306 e. The number of hydrogen-bond donors (Lipinski definition) is 1. The van der Waals surface area contributed by atoms with Crippen LogP contribution in [-0.4, -0.2) is 69.4 Å². The minimum Gasteiger partial charge on any atom is -0.756 e. The molecule has 1 N–H and O–H groups in total. The lowest BCUT2D eigenvalue weighted by Gasteiger charge is -2.30. The van der Waals surface area contributed by atoms with Crippen molar-refractivity contribution in [2.45, 2.75) is 283 Å². The molecule has 450 valence electrons. The molecule has 10 heteroatoms. The van der Waals surface area contributed by atoms with Gasteiger partial charge in [-0.1, -0.05) is 260 Å². The van der Waals surface area contributed by atoms with Gasteiger partial charge in [-0.15, -0.1) is 0 Å². The molecule has 78 heavy (non-hydrogen) atoms. The van der Waals surface area contributed by atoms with Crippen LogP contribution in [0, 0.1) is 0 Å². The first-order chi connectivity index (χ1) is 37.9. The number of ether oxygens (including phenoxy) is 1. The van der Waals surface area contributed by atoms with Crippen molar-refractivity contribution in [2.24, 2.45) is 0 Å². The summed E-state index contributed by atoms with van der Waals surface area (Å²) in [6, 6.07) is -0.903. The number of phosphoric acid groups is 1. The van der Waals surface area contributed by atoms with E-state index in [2.05, 4.69) is 111 Å². The van der Waals surface area contributed by atoms with Gasteiger partial charge in [0.1, 0.15) is 19.3 Å². The molecule has 0 aromatic carbocycles. The lowest BCUT2D eigenvalue weighted by atomic mass is 10.0. The van der Waals surface area contributed by atoms with E-state index in [9.17, 15) is 19.0 Å². The minimum atomic E-state index is -4.71. The molecule has 0 aromatic heterocycles. The summed E-state index contributed by atoms with van der Waals surface area (Å²) in [6.45, 7) is 6.66. The lowest BCUT2D eigenvalue weighted by molar-refractivity contribution is -0.870. The van der Waals surface area contributed by atoms with Gasteiger partial charge in [0.15, 0.2) is 0 Å². The summed E-state index contributed by atoms with van der Waals surface area (Å²) in [6.07, 6.45) is 76.7.